The van der Waals surface area contributed by atoms with Gasteiger partial charge in [0.1, 0.15) is 0 Å². The van der Waals surface area contributed by atoms with E-state index in [0.717, 1.165) is 0 Å². The number of carbonyl (C=O) groups is 1. The second-order valence-corrected chi connectivity index (χ2v) is 6.13. The summed E-state index contributed by atoms with van der Waals surface area (Å²) in [4.78, 5) is 9.91. The van der Waals surface area contributed by atoms with Crippen LogP contribution in [0.4, 0.5) is 0 Å². The van der Waals surface area contributed by atoms with Gasteiger partial charge in [-0.15, -0.1) is 0 Å². The van der Waals surface area contributed by atoms with E-state index in [1.807, 2.05) is 0 Å². The normalized spacial score (nSPS) is 20.4. The van der Waals surface area contributed by atoms with Crippen molar-refractivity contribution >= 4 is 51.1 Å². The molecule has 0 aromatic heterocycles. The van der Waals surface area contributed by atoms with Crippen LogP contribution in [0.5, 0.6) is 0 Å². The average molecular weight is 303 g/mol. The van der Waals surface area contributed by atoms with Gasteiger partial charge >= 0.3 is 95.7 Å². The van der Waals surface area contributed by atoms with Crippen LogP contribution in [-0.4, -0.2) is 90.9 Å². The molecule has 0 heterocycles. The molecule has 0 saturated carbocycles. The van der Waals surface area contributed by atoms with E-state index in [0.29, 0.717) is 0 Å². The minimum atomic E-state index is -2.54. The van der Waals surface area contributed by atoms with E-state index < -0.39 is 63.7 Å². The van der Waals surface area contributed by atoms with Crippen molar-refractivity contribution < 1.29 is 25.6 Å². The summed E-state index contributed by atoms with van der Waals surface area (Å²) in [5, 5.41) is 35.4. The summed E-state index contributed by atoms with van der Waals surface area (Å²) in [6.07, 6.45) is -5.05. The van der Waals surface area contributed by atoms with E-state index in [2.05, 4.69) is 0 Å². The van der Waals surface area contributed by atoms with E-state index >= 15 is 0 Å². The summed E-state index contributed by atoms with van der Waals surface area (Å²) in [6, 6.07) is 0. The van der Waals surface area contributed by atoms with Crippen molar-refractivity contribution in [3.63, 3.8) is 0 Å². The summed E-state index contributed by atoms with van der Waals surface area (Å²) in [5.41, 5.74) is 0. The van der Waals surface area contributed by atoms with Crippen LogP contribution in [0.25, 0.3) is 0 Å². The van der Waals surface area contributed by atoms with Gasteiger partial charge in [0.15, 0.2) is 0 Å². The number of hydrogen-bond donors (Lipinski definition) is 5. The molecule has 0 aliphatic heterocycles. The van der Waals surface area contributed by atoms with Crippen LogP contribution >= 0.6 is 0 Å². The number of rotatable bonds is 5. The fourth-order valence-corrected chi connectivity index (χ4v) is 2.17. The molecule has 0 fully saturated rings. The topological polar surface area (TPSA) is 118 Å². The third kappa shape index (κ3) is 3.83. The molecule has 0 rings (SSSR count). The Balaban J connectivity index is 4.07. The Bertz CT molecular complexity index is 142. The average Bonchev–Trinajstić information content (AvgIpc) is 2.12. The summed E-state index contributed by atoms with van der Waals surface area (Å²) in [5.74, 6) is 0. The van der Waals surface area contributed by atoms with Gasteiger partial charge in [0.25, 0.3) is 0 Å². The molecule has 12 heavy (non-hydrogen) atoms. The molecule has 0 unspecified atom stereocenters. The zero-order chi connectivity index (χ0) is 9.72. The minimum absolute atomic E-state index is 0.0505. The molecule has 0 spiro atoms. The van der Waals surface area contributed by atoms with Crippen molar-refractivity contribution in [3.8, 4) is 0 Å². The Hall–Kier alpha value is 1.04. The van der Waals surface area contributed by atoms with Crippen LogP contribution < -0.4 is 0 Å². The predicted octanol–water partition coefficient (Wildman–Crippen LogP) is -3.80. The summed E-state index contributed by atoms with van der Waals surface area (Å²) in [7, 11) is 0. The molecule has 7 heteroatoms. The maximum absolute atomic E-state index is 9.91. The molecule has 5 N–H and O–H groups in total. The molecular weight excluding hydrogens is 293 g/mol. The van der Waals surface area contributed by atoms with Gasteiger partial charge in [-0.3, -0.25) is 0 Å². The molecule has 0 aromatic rings. The first-order valence-corrected chi connectivity index (χ1v) is 7.88. The van der Waals surface area contributed by atoms with Crippen molar-refractivity contribution in [1.82, 2.24) is 0 Å². The van der Waals surface area contributed by atoms with Crippen molar-refractivity contribution in [1.29, 1.82) is 0 Å². The Morgan fingerprint density at radius 1 is 1.08 bits per heavy atom. The second-order valence-electron chi connectivity index (χ2n) is 2.36. The van der Waals surface area contributed by atoms with E-state index in [-0.39, 0.29) is 6.29 Å². The molecule has 0 bridgehead atoms. The van der Waals surface area contributed by atoms with Crippen LogP contribution in [0.2, 0.25) is 0 Å². The molecule has 0 saturated heterocycles. The van der Waals surface area contributed by atoms with Crippen molar-refractivity contribution in [2.24, 2.45) is 0 Å². The Morgan fingerprint density at radius 3 is 1.92 bits per heavy atom. The molecule has 0 aromatic carbocycles. The first-order chi connectivity index (χ1) is 5.54. The zero-order valence-corrected chi connectivity index (χ0v) is 10.7. The fourth-order valence-electron chi connectivity index (χ4n) is 0.618. The SMILES string of the molecule is O=C[C@H](O)[C@@H](O)[C@H](O)[C@H](O)[Ba][OH]. The van der Waals surface area contributed by atoms with Gasteiger partial charge in [-0.05, 0) is 0 Å². The Kier molecular flexibility index (Phi) is 7.05. The van der Waals surface area contributed by atoms with Crippen LogP contribution in [0.15, 0.2) is 0 Å². The third-order valence-electron chi connectivity index (χ3n) is 1.42. The number of aldehydes is 1. The van der Waals surface area contributed by atoms with Crippen LogP contribution in [-0.2, 0) is 4.79 Å². The molecule has 4 atom stereocenters. The summed E-state index contributed by atoms with van der Waals surface area (Å²) < 4.78 is 7.19. The van der Waals surface area contributed by atoms with Crippen molar-refractivity contribution in [3.05, 3.63) is 0 Å². The van der Waals surface area contributed by atoms with E-state index in [1.54, 1.807) is 0 Å². The van der Waals surface area contributed by atoms with Crippen LogP contribution in [0.1, 0.15) is 0 Å². The zero-order valence-electron chi connectivity index (χ0n) is 6.24. The van der Waals surface area contributed by atoms with Gasteiger partial charge in [0, 0.05) is 0 Å². The van der Waals surface area contributed by atoms with Gasteiger partial charge in [-0.2, -0.15) is 0 Å². The molecule has 0 radical (unpaired) electrons. The first-order valence-electron chi connectivity index (χ1n) is 3.33. The number of hydrogen-bond acceptors (Lipinski definition) is 6. The Morgan fingerprint density at radius 2 is 1.58 bits per heavy atom. The Labute approximate surface area is 94.5 Å². The number of aliphatic hydroxyl groups excluding tert-OH is 4. The van der Waals surface area contributed by atoms with Gasteiger partial charge in [-0.25, -0.2) is 0 Å². The quantitative estimate of drug-likeness (QED) is 0.263. The third-order valence-corrected chi connectivity index (χ3v) is 4.11. The van der Waals surface area contributed by atoms with Crippen LogP contribution in [0, 0.1) is 0 Å². The fraction of sp³-hybridized carbons (Fsp3) is 0.800. The number of carbonyl (C=O) groups excluding carboxylic acids is 1. The molecule has 0 aliphatic carbocycles. The van der Waals surface area contributed by atoms with Gasteiger partial charge in [-0.1, -0.05) is 0 Å². The molecule has 68 valence electrons. The standard InChI is InChI=1S/C5H9O5.Ba.H2O/c6-1-3(8)5(10)4(9)2-7;;/h1-6,8-10H;;1H2/q;+1;/p-1/t3-,4+,5+;;/m1../s1. The van der Waals surface area contributed by atoms with Crippen molar-refractivity contribution in [2.45, 2.75) is 18.9 Å². The monoisotopic (exact) mass is 304 g/mol. The summed E-state index contributed by atoms with van der Waals surface area (Å²) >= 11 is -2.54. The van der Waals surface area contributed by atoms with E-state index in [9.17, 15) is 4.79 Å². The molecule has 0 amide bonds. The summed E-state index contributed by atoms with van der Waals surface area (Å²) in [6.45, 7) is 0. The van der Waals surface area contributed by atoms with E-state index in [1.165, 1.54) is 0 Å². The van der Waals surface area contributed by atoms with Crippen molar-refractivity contribution in [2.75, 3.05) is 0 Å². The molecule has 0 aliphatic rings. The number of aliphatic hydroxyl groups is 4. The molecule has 6 nitrogen and oxygen atoms in total. The first kappa shape index (κ1) is 13.0. The van der Waals surface area contributed by atoms with Gasteiger partial charge in [0.2, 0.25) is 0 Å². The van der Waals surface area contributed by atoms with Crippen LogP contribution in [0.3, 0.4) is 0 Å². The van der Waals surface area contributed by atoms with Gasteiger partial charge in [0.05, 0.1) is 0 Å². The van der Waals surface area contributed by atoms with Gasteiger partial charge < -0.3 is 0 Å². The maximum atomic E-state index is 9.91. The second kappa shape index (κ2) is 6.49. The predicted molar refractivity (Wildman–Crippen MR) is 38.1 cm³/mol. The molecular formula is C5H10BaO6. The van der Waals surface area contributed by atoms with E-state index in [4.69, 9.17) is 20.9 Å².